The van der Waals surface area contributed by atoms with Crippen molar-refractivity contribution in [1.29, 1.82) is 0 Å². The Morgan fingerprint density at radius 1 is 1.47 bits per heavy atom. The second-order valence-electron chi connectivity index (χ2n) is 4.42. The Labute approximate surface area is 122 Å². The van der Waals surface area contributed by atoms with E-state index in [1.54, 1.807) is 11.3 Å². The van der Waals surface area contributed by atoms with E-state index in [0.717, 1.165) is 35.6 Å². The van der Waals surface area contributed by atoms with Crippen molar-refractivity contribution in [3.05, 3.63) is 45.3 Å². The van der Waals surface area contributed by atoms with E-state index >= 15 is 0 Å². The topological polar surface area (TPSA) is 50.9 Å². The van der Waals surface area contributed by atoms with Gasteiger partial charge in [-0.05, 0) is 43.3 Å². The molecule has 0 amide bonds. The fourth-order valence-electron chi connectivity index (χ4n) is 2.03. The molecule has 0 saturated carbocycles. The minimum absolute atomic E-state index is 0.392. The highest BCUT2D eigenvalue weighted by molar-refractivity contribution is 7.80. The second kappa shape index (κ2) is 6.12. The predicted molar refractivity (Wildman–Crippen MR) is 86.1 cm³/mol. The van der Waals surface area contributed by atoms with Crippen molar-refractivity contribution in [3.63, 3.8) is 0 Å². The molecule has 2 heterocycles. The molecule has 2 aromatic rings. The minimum Gasteiger partial charge on any atom is -0.389 e. The van der Waals surface area contributed by atoms with Crippen molar-refractivity contribution in [2.75, 3.05) is 11.9 Å². The zero-order valence-corrected chi connectivity index (χ0v) is 12.7. The number of nitrogens with one attached hydrogen (secondary N) is 1. The maximum atomic E-state index is 5.79. The minimum atomic E-state index is 0.392. The van der Waals surface area contributed by atoms with Crippen LogP contribution in [0.4, 0.5) is 5.82 Å². The van der Waals surface area contributed by atoms with E-state index in [9.17, 15) is 0 Å². The van der Waals surface area contributed by atoms with Gasteiger partial charge in [0, 0.05) is 17.1 Å². The van der Waals surface area contributed by atoms with Gasteiger partial charge >= 0.3 is 0 Å². The highest BCUT2D eigenvalue weighted by Gasteiger charge is 2.11. The van der Waals surface area contributed by atoms with Crippen LogP contribution in [-0.2, 0) is 6.42 Å². The van der Waals surface area contributed by atoms with Crippen LogP contribution in [0.5, 0.6) is 0 Å². The van der Waals surface area contributed by atoms with Gasteiger partial charge in [0.1, 0.15) is 10.8 Å². The van der Waals surface area contributed by atoms with Crippen molar-refractivity contribution in [1.82, 2.24) is 4.98 Å². The summed E-state index contributed by atoms with van der Waals surface area (Å²) in [6, 6.07) is 6.20. The summed E-state index contributed by atoms with van der Waals surface area (Å²) in [6.07, 6.45) is 0.975. The third kappa shape index (κ3) is 3.52. The number of hydrogen-bond donors (Lipinski definition) is 2. The Hall–Kier alpha value is -1.46. The molecule has 5 heteroatoms. The summed E-state index contributed by atoms with van der Waals surface area (Å²) in [6.45, 7) is 4.81. The molecular weight excluding hydrogens is 274 g/mol. The summed E-state index contributed by atoms with van der Waals surface area (Å²) in [5, 5.41) is 5.43. The summed E-state index contributed by atoms with van der Waals surface area (Å²) in [5.74, 6) is 0.793. The number of pyridine rings is 1. The fraction of sp³-hybridized carbons (Fsp3) is 0.286. The fourth-order valence-corrected chi connectivity index (χ4v) is 3.00. The van der Waals surface area contributed by atoms with Gasteiger partial charge in [0.15, 0.2) is 0 Å². The molecular formula is C14H17N3S2. The molecule has 100 valence electrons. The number of rotatable bonds is 5. The molecule has 0 atom stereocenters. The van der Waals surface area contributed by atoms with Gasteiger partial charge in [-0.25, -0.2) is 4.98 Å². The van der Waals surface area contributed by atoms with E-state index in [4.69, 9.17) is 18.0 Å². The van der Waals surface area contributed by atoms with Crippen LogP contribution in [0.25, 0.3) is 0 Å². The van der Waals surface area contributed by atoms with Crippen molar-refractivity contribution in [2.24, 2.45) is 5.73 Å². The number of aromatic nitrogens is 1. The Balaban J connectivity index is 2.12. The maximum absolute atomic E-state index is 5.79. The third-order valence-electron chi connectivity index (χ3n) is 2.84. The molecule has 0 radical (unpaired) electrons. The van der Waals surface area contributed by atoms with E-state index in [2.05, 4.69) is 27.8 Å². The Kier molecular flexibility index (Phi) is 4.50. The summed E-state index contributed by atoms with van der Waals surface area (Å²) >= 11 is 6.87. The number of aryl methyl sites for hydroxylation is 2. The predicted octanol–water partition coefficient (Wildman–Crippen LogP) is 3.05. The first-order valence-electron chi connectivity index (χ1n) is 6.12. The number of nitrogens with two attached hydrogens (primary N) is 1. The third-order valence-corrected chi connectivity index (χ3v) is 3.98. The van der Waals surface area contributed by atoms with Crippen molar-refractivity contribution < 1.29 is 0 Å². The van der Waals surface area contributed by atoms with Crippen LogP contribution in [-0.4, -0.2) is 16.5 Å². The Morgan fingerprint density at radius 3 is 2.89 bits per heavy atom. The van der Waals surface area contributed by atoms with Gasteiger partial charge in [-0.2, -0.15) is 0 Å². The van der Waals surface area contributed by atoms with Crippen molar-refractivity contribution in [3.8, 4) is 0 Å². The number of nitrogens with zero attached hydrogens (tertiary/aromatic N) is 1. The van der Waals surface area contributed by atoms with E-state index in [1.807, 2.05) is 19.9 Å². The molecule has 0 aliphatic carbocycles. The van der Waals surface area contributed by atoms with Gasteiger partial charge in [0.05, 0.1) is 5.56 Å². The molecule has 0 spiro atoms. The smallest absolute Gasteiger partial charge is 0.136 e. The maximum Gasteiger partial charge on any atom is 0.136 e. The Morgan fingerprint density at radius 2 is 2.26 bits per heavy atom. The molecule has 0 aliphatic rings. The van der Waals surface area contributed by atoms with Gasteiger partial charge < -0.3 is 11.1 Å². The SMILES string of the molecule is Cc1cc(C)c(C(N)=S)c(NCCc2cccs2)n1. The molecule has 19 heavy (non-hydrogen) atoms. The lowest BCUT2D eigenvalue weighted by atomic mass is 10.1. The van der Waals surface area contributed by atoms with Gasteiger partial charge in [-0.15, -0.1) is 11.3 Å². The number of thiocarbonyl (C=S) groups is 1. The summed E-state index contributed by atoms with van der Waals surface area (Å²) in [4.78, 5) is 6.25. The van der Waals surface area contributed by atoms with Crippen LogP contribution in [0.1, 0.15) is 21.7 Å². The van der Waals surface area contributed by atoms with Crippen LogP contribution < -0.4 is 11.1 Å². The van der Waals surface area contributed by atoms with Gasteiger partial charge in [0.25, 0.3) is 0 Å². The van der Waals surface area contributed by atoms with E-state index in [-0.39, 0.29) is 0 Å². The average molecular weight is 291 g/mol. The summed E-state index contributed by atoms with van der Waals surface area (Å²) in [5.41, 5.74) is 8.68. The van der Waals surface area contributed by atoms with Gasteiger partial charge in [-0.3, -0.25) is 0 Å². The van der Waals surface area contributed by atoms with Crippen LogP contribution in [0.2, 0.25) is 0 Å². The first kappa shape index (κ1) is 14.0. The van der Waals surface area contributed by atoms with E-state index in [1.165, 1.54) is 4.88 Å². The molecule has 0 aliphatic heterocycles. The molecule has 0 bridgehead atoms. The molecule has 2 rings (SSSR count). The van der Waals surface area contributed by atoms with Crippen molar-refractivity contribution >= 4 is 34.4 Å². The second-order valence-corrected chi connectivity index (χ2v) is 5.90. The lowest BCUT2D eigenvalue weighted by molar-refractivity contribution is 1.02. The average Bonchev–Trinajstić information content (AvgIpc) is 2.80. The molecule has 0 unspecified atom stereocenters. The standard InChI is InChI=1S/C14H17N3S2/c1-9-8-10(2)17-14(12(9)13(15)18)16-6-5-11-4-3-7-19-11/h3-4,7-8H,5-6H2,1-2H3,(H2,15,18)(H,16,17). The normalized spacial score (nSPS) is 10.4. The van der Waals surface area contributed by atoms with Gasteiger partial charge in [0.2, 0.25) is 0 Å². The zero-order chi connectivity index (χ0) is 13.8. The van der Waals surface area contributed by atoms with Crippen molar-refractivity contribution in [2.45, 2.75) is 20.3 Å². The molecule has 0 aromatic carbocycles. The number of anilines is 1. The van der Waals surface area contributed by atoms with Crippen LogP contribution in [0.3, 0.4) is 0 Å². The van der Waals surface area contributed by atoms with Crippen LogP contribution in [0.15, 0.2) is 23.6 Å². The Bertz CT molecular complexity index is 577. The molecule has 0 saturated heterocycles. The highest BCUT2D eigenvalue weighted by atomic mass is 32.1. The summed E-state index contributed by atoms with van der Waals surface area (Å²) < 4.78 is 0. The highest BCUT2D eigenvalue weighted by Crippen LogP contribution is 2.19. The van der Waals surface area contributed by atoms with Crippen LogP contribution in [0, 0.1) is 13.8 Å². The quantitative estimate of drug-likeness (QED) is 0.831. The van der Waals surface area contributed by atoms with Crippen LogP contribution >= 0.6 is 23.6 Å². The molecule has 3 N–H and O–H groups in total. The molecule has 0 fully saturated rings. The lowest BCUT2D eigenvalue weighted by Crippen LogP contribution is -2.17. The monoisotopic (exact) mass is 291 g/mol. The van der Waals surface area contributed by atoms with E-state index in [0.29, 0.717) is 4.99 Å². The number of thiophene rings is 1. The lowest BCUT2D eigenvalue weighted by Gasteiger charge is -2.13. The van der Waals surface area contributed by atoms with Gasteiger partial charge in [-0.1, -0.05) is 18.3 Å². The molecule has 2 aromatic heterocycles. The number of hydrogen-bond acceptors (Lipinski definition) is 4. The molecule has 3 nitrogen and oxygen atoms in total. The largest absolute Gasteiger partial charge is 0.389 e. The van der Waals surface area contributed by atoms with E-state index < -0.39 is 0 Å². The summed E-state index contributed by atoms with van der Waals surface area (Å²) in [7, 11) is 0. The zero-order valence-electron chi connectivity index (χ0n) is 11.1. The first-order chi connectivity index (χ1) is 9.08. The first-order valence-corrected chi connectivity index (χ1v) is 7.41.